The number of para-hydroxylation sites is 1. The van der Waals surface area contributed by atoms with Crippen LogP contribution in [-0.4, -0.2) is 45.7 Å². The molecular weight excluding hydrogens is 570 g/mol. The second-order valence-corrected chi connectivity index (χ2v) is 11.4. The van der Waals surface area contributed by atoms with Crippen LogP contribution in [0.1, 0.15) is 58.5 Å². The number of halogens is 1. The van der Waals surface area contributed by atoms with Gasteiger partial charge >= 0.3 is 5.97 Å². The number of aromatic amines is 2. The Morgan fingerprint density at radius 2 is 1.73 bits per heavy atom. The SMILES string of the molecule is COC(=O)[C@H]1Cc2c([nH]c3ccccc23)[C@H](c2ccc(C(C)C)cc2)N1C(=O)C(=O)c1c[nH]c2ccc(Br)cc12. The smallest absolute Gasteiger partial charge is 0.328 e. The second-order valence-electron chi connectivity index (χ2n) is 10.5. The van der Waals surface area contributed by atoms with Crippen LogP contribution in [0.25, 0.3) is 21.8 Å². The Morgan fingerprint density at radius 1 is 0.975 bits per heavy atom. The van der Waals surface area contributed by atoms with Crippen molar-refractivity contribution >= 4 is 55.4 Å². The van der Waals surface area contributed by atoms with Gasteiger partial charge in [-0.25, -0.2) is 4.79 Å². The first kappa shape index (κ1) is 26.1. The van der Waals surface area contributed by atoms with Crippen molar-refractivity contribution in [1.29, 1.82) is 0 Å². The first-order valence-electron chi connectivity index (χ1n) is 13.2. The highest BCUT2D eigenvalue weighted by Crippen LogP contribution is 2.42. The van der Waals surface area contributed by atoms with Gasteiger partial charge in [-0.1, -0.05) is 72.2 Å². The molecule has 0 aliphatic carbocycles. The molecule has 40 heavy (non-hydrogen) atoms. The van der Waals surface area contributed by atoms with Crippen molar-refractivity contribution in [1.82, 2.24) is 14.9 Å². The fourth-order valence-corrected chi connectivity index (χ4v) is 6.14. The maximum absolute atomic E-state index is 14.3. The normalized spacial score (nSPS) is 16.9. The topological polar surface area (TPSA) is 95.3 Å². The van der Waals surface area contributed by atoms with E-state index in [1.807, 2.05) is 60.7 Å². The lowest BCUT2D eigenvalue weighted by Crippen LogP contribution is -2.53. The highest BCUT2D eigenvalue weighted by atomic mass is 79.9. The molecule has 8 heteroatoms. The van der Waals surface area contributed by atoms with Crippen LogP contribution in [0.2, 0.25) is 0 Å². The lowest BCUT2D eigenvalue weighted by Gasteiger charge is -2.40. The average Bonchev–Trinajstić information content (AvgIpc) is 3.56. The van der Waals surface area contributed by atoms with Crippen molar-refractivity contribution in [2.45, 2.75) is 38.3 Å². The maximum Gasteiger partial charge on any atom is 0.328 e. The van der Waals surface area contributed by atoms with Crippen molar-refractivity contribution in [3.05, 3.63) is 105 Å². The van der Waals surface area contributed by atoms with Crippen molar-refractivity contribution in [3.8, 4) is 0 Å². The standard InChI is InChI=1S/C32H28BrN3O4/c1-17(2)18-8-10-19(11-9-18)29-28-23(21-6-4-5-7-26(21)35-28)15-27(32(39)40-3)36(29)31(38)30(37)24-16-34-25-13-12-20(33)14-22(24)25/h4-14,16-17,27,29,34-35H,15H2,1-3H3/t27-,29+/m1/s1. The van der Waals surface area contributed by atoms with Gasteiger partial charge in [0, 0.05) is 44.6 Å². The average molecular weight is 598 g/mol. The molecule has 2 aromatic heterocycles. The van der Waals surface area contributed by atoms with Gasteiger partial charge in [0.25, 0.3) is 11.7 Å². The number of hydrogen-bond acceptors (Lipinski definition) is 4. The van der Waals surface area contributed by atoms with Gasteiger partial charge in [-0.05, 0) is 46.9 Å². The fraction of sp³-hybridized carbons (Fsp3) is 0.219. The van der Waals surface area contributed by atoms with Crippen LogP contribution in [-0.2, 0) is 20.7 Å². The molecular formula is C32H28BrN3O4. The molecule has 2 atom stereocenters. The van der Waals surface area contributed by atoms with Gasteiger partial charge in [-0.2, -0.15) is 0 Å². The summed E-state index contributed by atoms with van der Waals surface area (Å²) < 4.78 is 5.99. The molecule has 3 aromatic carbocycles. The van der Waals surface area contributed by atoms with Gasteiger partial charge in [0.05, 0.1) is 18.7 Å². The number of methoxy groups -OCH3 is 1. The molecule has 202 valence electrons. The van der Waals surface area contributed by atoms with Gasteiger partial charge < -0.3 is 19.6 Å². The predicted octanol–water partition coefficient (Wildman–Crippen LogP) is 6.43. The summed E-state index contributed by atoms with van der Waals surface area (Å²) in [5.74, 6) is -1.70. The Kier molecular flexibility index (Phi) is 6.58. The van der Waals surface area contributed by atoms with Crippen molar-refractivity contribution < 1.29 is 19.1 Å². The number of amides is 1. The molecule has 6 rings (SSSR count). The number of nitrogens with zero attached hydrogens (tertiary/aromatic N) is 1. The third-order valence-electron chi connectivity index (χ3n) is 7.84. The van der Waals surface area contributed by atoms with Gasteiger partial charge in [0.2, 0.25) is 0 Å². The summed E-state index contributed by atoms with van der Waals surface area (Å²) in [5, 5.41) is 1.61. The number of H-pyrrole nitrogens is 2. The molecule has 1 aliphatic rings. The van der Waals surface area contributed by atoms with Crippen molar-refractivity contribution in [3.63, 3.8) is 0 Å². The molecule has 0 saturated carbocycles. The van der Waals surface area contributed by atoms with E-state index in [0.29, 0.717) is 11.3 Å². The predicted molar refractivity (Wildman–Crippen MR) is 157 cm³/mol. The number of rotatable bonds is 5. The number of nitrogens with one attached hydrogen (secondary N) is 2. The quantitative estimate of drug-likeness (QED) is 0.138. The first-order valence-corrected chi connectivity index (χ1v) is 14.0. The van der Waals surface area contributed by atoms with E-state index in [2.05, 4.69) is 39.7 Å². The summed E-state index contributed by atoms with van der Waals surface area (Å²) in [7, 11) is 1.31. The number of esters is 1. The zero-order valence-corrected chi connectivity index (χ0v) is 23.9. The van der Waals surface area contributed by atoms with Crippen LogP contribution in [0, 0.1) is 0 Å². The zero-order chi connectivity index (χ0) is 28.1. The molecule has 5 aromatic rings. The fourth-order valence-electron chi connectivity index (χ4n) is 5.78. The number of carbonyl (C=O) groups excluding carboxylic acids is 3. The van der Waals surface area contributed by atoms with Crippen LogP contribution in [0.15, 0.2) is 77.4 Å². The van der Waals surface area contributed by atoms with Crippen LogP contribution in [0.3, 0.4) is 0 Å². The van der Waals surface area contributed by atoms with E-state index in [0.717, 1.165) is 43.3 Å². The van der Waals surface area contributed by atoms with Crippen molar-refractivity contribution in [2.24, 2.45) is 0 Å². The number of carbonyl (C=O) groups is 3. The number of aromatic nitrogens is 2. The minimum absolute atomic E-state index is 0.227. The largest absolute Gasteiger partial charge is 0.467 e. The van der Waals surface area contributed by atoms with Crippen LogP contribution in [0.4, 0.5) is 0 Å². The van der Waals surface area contributed by atoms with E-state index in [9.17, 15) is 14.4 Å². The molecule has 0 spiro atoms. The molecule has 1 amide bonds. The molecule has 0 fully saturated rings. The molecule has 0 saturated heterocycles. The number of Topliss-reactive ketones (excluding diaryl/α,β-unsaturated/α-hetero) is 1. The van der Waals surface area contributed by atoms with E-state index in [4.69, 9.17) is 4.74 Å². The third-order valence-corrected chi connectivity index (χ3v) is 8.33. The Labute approximate surface area is 239 Å². The number of benzene rings is 3. The molecule has 0 radical (unpaired) electrons. The first-order chi connectivity index (χ1) is 19.3. The van der Waals surface area contributed by atoms with Gasteiger partial charge in [0.15, 0.2) is 0 Å². The van der Waals surface area contributed by atoms with Crippen LogP contribution in [0.5, 0.6) is 0 Å². The lowest BCUT2D eigenvalue weighted by atomic mass is 9.86. The molecule has 1 aliphatic heterocycles. The molecule has 0 unspecified atom stereocenters. The van der Waals surface area contributed by atoms with Crippen molar-refractivity contribution in [2.75, 3.05) is 7.11 Å². The number of hydrogen-bond donors (Lipinski definition) is 2. The van der Waals surface area contributed by atoms with Crippen LogP contribution >= 0.6 is 15.9 Å². The van der Waals surface area contributed by atoms with E-state index < -0.39 is 29.7 Å². The zero-order valence-electron chi connectivity index (χ0n) is 22.3. The van der Waals surface area contributed by atoms with Gasteiger partial charge in [-0.3, -0.25) is 9.59 Å². The number of ketones is 1. The highest BCUT2D eigenvalue weighted by Gasteiger charge is 2.46. The summed E-state index contributed by atoms with van der Waals surface area (Å²) in [6.45, 7) is 4.24. The summed E-state index contributed by atoms with van der Waals surface area (Å²) in [4.78, 5) is 49.5. The minimum Gasteiger partial charge on any atom is -0.467 e. The van der Waals surface area contributed by atoms with E-state index in [-0.39, 0.29) is 12.0 Å². The van der Waals surface area contributed by atoms with Gasteiger partial charge in [0.1, 0.15) is 6.04 Å². The monoisotopic (exact) mass is 597 g/mol. The lowest BCUT2D eigenvalue weighted by molar-refractivity contribution is -0.153. The summed E-state index contributed by atoms with van der Waals surface area (Å²) in [6.07, 6.45) is 1.78. The van der Waals surface area contributed by atoms with E-state index in [1.54, 1.807) is 12.3 Å². The molecule has 2 N–H and O–H groups in total. The Balaban J connectivity index is 1.54. The minimum atomic E-state index is -0.986. The Morgan fingerprint density at radius 3 is 2.45 bits per heavy atom. The Bertz CT molecular complexity index is 1780. The third kappa shape index (κ3) is 4.23. The number of ether oxygens (including phenoxy) is 1. The highest BCUT2D eigenvalue weighted by molar-refractivity contribution is 9.10. The van der Waals surface area contributed by atoms with Crippen LogP contribution < -0.4 is 0 Å². The molecule has 3 heterocycles. The molecule has 7 nitrogen and oxygen atoms in total. The summed E-state index contributed by atoms with van der Waals surface area (Å²) >= 11 is 3.46. The maximum atomic E-state index is 14.3. The molecule has 0 bridgehead atoms. The summed E-state index contributed by atoms with van der Waals surface area (Å²) in [6, 6.07) is 19.7. The van der Waals surface area contributed by atoms with Gasteiger partial charge in [-0.15, -0.1) is 0 Å². The second kappa shape index (κ2) is 10.1. The summed E-state index contributed by atoms with van der Waals surface area (Å²) in [5.41, 5.74) is 5.58. The number of fused-ring (bicyclic) bond motifs is 4. The van der Waals surface area contributed by atoms with E-state index in [1.165, 1.54) is 12.0 Å². The van der Waals surface area contributed by atoms with E-state index >= 15 is 0 Å². The Hall–Kier alpha value is -4.17.